The van der Waals surface area contributed by atoms with Gasteiger partial charge in [-0.05, 0) is 50.4 Å². The van der Waals surface area contributed by atoms with E-state index in [1.165, 1.54) is 18.6 Å². The summed E-state index contributed by atoms with van der Waals surface area (Å²) in [6, 6.07) is 4.93. The lowest BCUT2D eigenvalue weighted by Gasteiger charge is -2.44. The molecule has 0 aromatic heterocycles. The van der Waals surface area contributed by atoms with E-state index in [9.17, 15) is 9.18 Å². The molecule has 23 heavy (non-hydrogen) atoms. The summed E-state index contributed by atoms with van der Waals surface area (Å²) in [5.41, 5.74) is 2.01. The molecule has 2 fully saturated rings. The molecule has 1 amide bonds. The van der Waals surface area contributed by atoms with Crippen molar-refractivity contribution in [1.29, 1.82) is 0 Å². The fourth-order valence-corrected chi connectivity index (χ4v) is 4.43. The zero-order valence-electron chi connectivity index (χ0n) is 13.6. The third-order valence-corrected chi connectivity index (χ3v) is 5.86. The van der Waals surface area contributed by atoms with Crippen molar-refractivity contribution in [3.63, 3.8) is 0 Å². The first-order valence-corrected chi connectivity index (χ1v) is 8.63. The van der Waals surface area contributed by atoms with Gasteiger partial charge in [0, 0.05) is 31.2 Å². The standard InChI is InChI=1S/C18H24FN3O/c1-18(6-7-20-12-18)21-8-4-15(5-9-21)22-16-11-14(19)3-2-13(16)10-17(22)23/h2-3,11,15,20H,4-10,12H2,1H3. The third-order valence-electron chi connectivity index (χ3n) is 5.86. The van der Waals surface area contributed by atoms with Crippen molar-refractivity contribution in [2.75, 3.05) is 31.1 Å². The molecule has 1 aromatic carbocycles. The Morgan fingerprint density at radius 2 is 2.09 bits per heavy atom. The number of hydrogen-bond acceptors (Lipinski definition) is 3. The Morgan fingerprint density at radius 1 is 1.30 bits per heavy atom. The van der Waals surface area contributed by atoms with Crippen LogP contribution in [0.2, 0.25) is 0 Å². The lowest BCUT2D eigenvalue weighted by atomic mass is 9.93. The van der Waals surface area contributed by atoms with Crippen LogP contribution < -0.4 is 10.2 Å². The summed E-state index contributed by atoms with van der Waals surface area (Å²) in [7, 11) is 0. The predicted molar refractivity (Wildman–Crippen MR) is 88.1 cm³/mol. The molecule has 0 bridgehead atoms. The second-order valence-corrected chi connectivity index (χ2v) is 7.36. The maximum absolute atomic E-state index is 13.6. The SMILES string of the molecule is CC1(N2CCC(N3C(=O)Cc4ccc(F)cc43)CC2)CCNC1. The van der Waals surface area contributed by atoms with Gasteiger partial charge in [-0.3, -0.25) is 9.69 Å². The van der Waals surface area contributed by atoms with Gasteiger partial charge in [0.15, 0.2) is 0 Å². The first-order valence-electron chi connectivity index (χ1n) is 8.63. The Bertz CT molecular complexity index is 619. The van der Waals surface area contributed by atoms with Crippen LogP contribution in [0.15, 0.2) is 18.2 Å². The van der Waals surface area contributed by atoms with Gasteiger partial charge >= 0.3 is 0 Å². The zero-order valence-corrected chi connectivity index (χ0v) is 13.6. The number of nitrogens with one attached hydrogen (secondary N) is 1. The van der Waals surface area contributed by atoms with Crippen LogP contribution in [-0.2, 0) is 11.2 Å². The van der Waals surface area contributed by atoms with Crippen molar-refractivity contribution < 1.29 is 9.18 Å². The monoisotopic (exact) mass is 317 g/mol. The van der Waals surface area contributed by atoms with E-state index in [4.69, 9.17) is 0 Å². The molecule has 4 rings (SSSR count). The van der Waals surface area contributed by atoms with Crippen LogP contribution in [0, 0.1) is 5.82 Å². The van der Waals surface area contributed by atoms with Gasteiger partial charge in [0.05, 0.1) is 12.1 Å². The number of rotatable bonds is 2. The summed E-state index contributed by atoms with van der Waals surface area (Å²) in [4.78, 5) is 16.9. The van der Waals surface area contributed by atoms with Crippen LogP contribution in [0.1, 0.15) is 31.7 Å². The molecule has 1 unspecified atom stereocenters. The molecular weight excluding hydrogens is 293 g/mol. The number of hydrogen-bond donors (Lipinski definition) is 1. The fraction of sp³-hybridized carbons (Fsp3) is 0.611. The first-order chi connectivity index (χ1) is 11.1. The van der Waals surface area contributed by atoms with E-state index in [1.807, 2.05) is 4.90 Å². The van der Waals surface area contributed by atoms with Crippen LogP contribution in [-0.4, -0.2) is 48.6 Å². The van der Waals surface area contributed by atoms with Crippen molar-refractivity contribution in [3.05, 3.63) is 29.6 Å². The highest BCUT2D eigenvalue weighted by atomic mass is 19.1. The summed E-state index contributed by atoms with van der Waals surface area (Å²) in [6.07, 6.45) is 3.54. The van der Waals surface area contributed by atoms with E-state index in [-0.39, 0.29) is 23.3 Å². The highest BCUT2D eigenvalue weighted by molar-refractivity contribution is 6.01. The normalized spacial score (nSPS) is 29.3. The molecule has 3 aliphatic rings. The Labute approximate surface area is 136 Å². The van der Waals surface area contributed by atoms with Gasteiger partial charge < -0.3 is 10.2 Å². The molecule has 0 aliphatic carbocycles. The van der Waals surface area contributed by atoms with Crippen LogP contribution in [0.3, 0.4) is 0 Å². The number of fused-ring (bicyclic) bond motifs is 1. The Balaban J connectivity index is 1.49. The molecule has 2 saturated heterocycles. The van der Waals surface area contributed by atoms with E-state index < -0.39 is 0 Å². The average molecular weight is 317 g/mol. The molecule has 0 saturated carbocycles. The number of amides is 1. The van der Waals surface area contributed by atoms with Gasteiger partial charge in [-0.1, -0.05) is 6.07 Å². The maximum atomic E-state index is 13.6. The average Bonchev–Trinajstić information content (AvgIpc) is 3.11. The molecular formula is C18H24FN3O. The van der Waals surface area contributed by atoms with Crippen LogP contribution in [0.5, 0.6) is 0 Å². The van der Waals surface area contributed by atoms with E-state index in [1.54, 1.807) is 6.07 Å². The molecule has 124 valence electrons. The minimum Gasteiger partial charge on any atom is -0.315 e. The second kappa shape index (κ2) is 5.56. The largest absolute Gasteiger partial charge is 0.315 e. The molecule has 0 radical (unpaired) electrons. The summed E-state index contributed by atoms with van der Waals surface area (Å²) >= 11 is 0. The zero-order chi connectivity index (χ0) is 16.0. The topological polar surface area (TPSA) is 35.6 Å². The number of carbonyl (C=O) groups excluding carboxylic acids is 1. The lowest BCUT2D eigenvalue weighted by Crippen LogP contribution is -2.54. The number of carbonyl (C=O) groups is 1. The molecule has 1 aromatic rings. The van der Waals surface area contributed by atoms with Crippen LogP contribution in [0.4, 0.5) is 10.1 Å². The molecule has 3 heterocycles. The highest BCUT2D eigenvalue weighted by Gasteiger charge is 2.40. The lowest BCUT2D eigenvalue weighted by molar-refractivity contribution is -0.118. The van der Waals surface area contributed by atoms with Crippen LogP contribution in [0.25, 0.3) is 0 Å². The van der Waals surface area contributed by atoms with Gasteiger partial charge in [-0.25, -0.2) is 4.39 Å². The molecule has 3 aliphatic heterocycles. The third kappa shape index (κ3) is 2.56. The smallest absolute Gasteiger partial charge is 0.231 e. The maximum Gasteiger partial charge on any atom is 0.231 e. The summed E-state index contributed by atoms with van der Waals surface area (Å²) < 4.78 is 13.6. The first kappa shape index (κ1) is 15.1. The minimum atomic E-state index is -0.259. The summed E-state index contributed by atoms with van der Waals surface area (Å²) in [5.74, 6) is -0.136. The van der Waals surface area contributed by atoms with Crippen molar-refractivity contribution >= 4 is 11.6 Å². The van der Waals surface area contributed by atoms with E-state index in [2.05, 4.69) is 17.1 Å². The molecule has 4 nitrogen and oxygen atoms in total. The number of halogens is 1. The number of piperidine rings is 1. The van der Waals surface area contributed by atoms with E-state index in [0.717, 1.165) is 50.3 Å². The molecule has 0 spiro atoms. The van der Waals surface area contributed by atoms with Gasteiger partial charge in [0.25, 0.3) is 0 Å². The molecule has 5 heteroatoms. The fourth-order valence-electron chi connectivity index (χ4n) is 4.43. The Hall–Kier alpha value is -1.46. The van der Waals surface area contributed by atoms with Gasteiger partial charge in [0.1, 0.15) is 5.82 Å². The number of benzene rings is 1. The van der Waals surface area contributed by atoms with Crippen LogP contribution >= 0.6 is 0 Å². The summed E-state index contributed by atoms with van der Waals surface area (Å²) in [5, 5.41) is 3.45. The molecule has 1 N–H and O–H groups in total. The van der Waals surface area contributed by atoms with Gasteiger partial charge in [-0.2, -0.15) is 0 Å². The minimum absolute atomic E-state index is 0.123. The predicted octanol–water partition coefficient (Wildman–Crippen LogP) is 1.93. The second-order valence-electron chi connectivity index (χ2n) is 7.36. The quantitative estimate of drug-likeness (QED) is 0.905. The van der Waals surface area contributed by atoms with Crippen molar-refractivity contribution in [1.82, 2.24) is 10.2 Å². The van der Waals surface area contributed by atoms with E-state index in [0.29, 0.717) is 6.42 Å². The van der Waals surface area contributed by atoms with Crippen molar-refractivity contribution in [3.8, 4) is 0 Å². The number of anilines is 1. The molecule has 1 atom stereocenters. The summed E-state index contributed by atoms with van der Waals surface area (Å²) in [6.45, 7) is 6.50. The number of likely N-dealkylation sites (tertiary alicyclic amines) is 1. The van der Waals surface area contributed by atoms with Crippen molar-refractivity contribution in [2.24, 2.45) is 0 Å². The Kier molecular flexibility index (Phi) is 3.65. The van der Waals surface area contributed by atoms with Gasteiger partial charge in [-0.15, -0.1) is 0 Å². The Morgan fingerprint density at radius 3 is 2.78 bits per heavy atom. The van der Waals surface area contributed by atoms with E-state index >= 15 is 0 Å². The number of nitrogens with zero attached hydrogens (tertiary/aromatic N) is 2. The highest BCUT2D eigenvalue weighted by Crippen LogP contribution is 2.35. The van der Waals surface area contributed by atoms with Crippen molar-refractivity contribution in [2.45, 2.75) is 44.2 Å². The van der Waals surface area contributed by atoms with Gasteiger partial charge in [0.2, 0.25) is 5.91 Å².